The summed E-state index contributed by atoms with van der Waals surface area (Å²) in [5.74, 6) is 1.63. The minimum Gasteiger partial charge on any atom is -0.493 e. The van der Waals surface area contributed by atoms with Gasteiger partial charge < -0.3 is 57.1 Å². The first kappa shape index (κ1) is 45.0. The number of carbonyl (C=O) groups is 2. The van der Waals surface area contributed by atoms with Crippen molar-refractivity contribution in [1.29, 1.82) is 0 Å². The molecule has 6 rings (SSSR count). The summed E-state index contributed by atoms with van der Waals surface area (Å²) in [4.78, 5) is 25.6. The van der Waals surface area contributed by atoms with Crippen LogP contribution in [0.25, 0.3) is 0 Å². The second-order valence-electron chi connectivity index (χ2n) is 15.8. The fourth-order valence-electron chi connectivity index (χ4n) is 8.72. The first-order valence-corrected chi connectivity index (χ1v) is 20.9. The molecule has 3 heterocycles. The number of hydrogen-bond acceptors (Lipinski definition) is 12. The van der Waals surface area contributed by atoms with Gasteiger partial charge in [-0.1, -0.05) is 17.7 Å². The van der Waals surface area contributed by atoms with Gasteiger partial charge in [-0.2, -0.15) is 0 Å². The van der Waals surface area contributed by atoms with E-state index in [1.165, 1.54) is 0 Å². The molecule has 60 heavy (non-hydrogen) atoms. The first-order chi connectivity index (χ1) is 29.0. The molecular formula is C45H59ClN2O12+2. The van der Waals surface area contributed by atoms with Crippen molar-refractivity contribution in [2.24, 2.45) is 0 Å². The molecule has 0 unspecified atom stereocenters. The molecule has 0 aliphatic carbocycles. The van der Waals surface area contributed by atoms with E-state index in [2.05, 4.69) is 13.1 Å². The number of esters is 2. The summed E-state index contributed by atoms with van der Waals surface area (Å²) >= 11 is 6.25. The second-order valence-corrected chi connectivity index (χ2v) is 16.2. The van der Waals surface area contributed by atoms with Gasteiger partial charge in [0.2, 0.25) is 5.75 Å². The maximum atomic E-state index is 12.9. The lowest BCUT2D eigenvalue weighted by atomic mass is 9.84. The third-order valence-corrected chi connectivity index (χ3v) is 12.3. The Bertz CT molecular complexity index is 1980. The molecule has 2 atom stereocenters. The number of aliphatic hydroxyl groups excluding tert-OH is 2. The van der Waals surface area contributed by atoms with E-state index in [-0.39, 0.29) is 37.5 Å². The lowest BCUT2D eigenvalue weighted by Gasteiger charge is -2.46. The monoisotopic (exact) mass is 854 g/mol. The molecule has 3 aromatic rings. The van der Waals surface area contributed by atoms with Gasteiger partial charge in [0.15, 0.2) is 23.0 Å². The molecule has 3 aromatic carbocycles. The summed E-state index contributed by atoms with van der Waals surface area (Å²) in [5, 5.41) is 19.9. The van der Waals surface area contributed by atoms with Crippen LogP contribution >= 0.6 is 11.6 Å². The van der Waals surface area contributed by atoms with Crippen LogP contribution < -0.4 is 23.7 Å². The van der Waals surface area contributed by atoms with Crippen molar-refractivity contribution < 1.29 is 66.7 Å². The number of halogens is 1. The zero-order valence-corrected chi connectivity index (χ0v) is 35.9. The van der Waals surface area contributed by atoms with Crippen molar-refractivity contribution in [3.05, 3.63) is 87.0 Å². The molecule has 1 saturated heterocycles. The standard InChI is InChI=1S/C45H59ClN2O12/c1-47(12-9-33-25-34(29-49)35(30-50)26-36(33)38(47)21-32-23-41(53-2)44(55-4)42(24-32)54-3)10-5-16-60-45(52)37(46)27-43(51)59-15-6-11-48(13-17-56-18-14-48)28-31-7-8-39-40(22-31)58-20-19-57-39/h7-8,22-27,38,49-50H,5-6,9-21,28-30H2,1-4H3/q+2/b37-27-/t38-,47-/m1/s1. The Morgan fingerprint density at radius 1 is 0.800 bits per heavy atom. The summed E-state index contributed by atoms with van der Waals surface area (Å²) in [6, 6.07) is 13.9. The summed E-state index contributed by atoms with van der Waals surface area (Å²) in [5.41, 5.74) is 5.72. The van der Waals surface area contributed by atoms with Crippen LogP contribution in [0.4, 0.5) is 0 Å². The Morgan fingerprint density at radius 3 is 2.15 bits per heavy atom. The van der Waals surface area contributed by atoms with Crippen molar-refractivity contribution in [2.45, 2.75) is 51.5 Å². The van der Waals surface area contributed by atoms with E-state index in [9.17, 15) is 19.8 Å². The summed E-state index contributed by atoms with van der Waals surface area (Å²) in [6.45, 7) is 7.01. The zero-order valence-electron chi connectivity index (χ0n) is 35.2. The van der Waals surface area contributed by atoms with Crippen molar-refractivity contribution in [3.63, 3.8) is 0 Å². The Balaban J connectivity index is 1.03. The second kappa shape index (κ2) is 20.8. The first-order valence-electron chi connectivity index (χ1n) is 20.6. The average Bonchev–Trinajstić information content (AvgIpc) is 3.27. The Kier molecular flexibility index (Phi) is 15.6. The third kappa shape index (κ3) is 10.8. The molecule has 3 aliphatic heterocycles. The van der Waals surface area contributed by atoms with Crippen LogP contribution in [0, 0.1) is 0 Å². The molecule has 0 spiro atoms. The Labute approximate surface area is 357 Å². The number of likely N-dealkylation sites (N-methyl/N-ethyl adjacent to an activating group) is 1. The van der Waals surface area contributed by atoms with Gasteiger partial charge in [0, 0.05) is 42.9 Å². The van der Waals surface area contributed by atoms with E-state index in [0.717, 1.165) is 83.5 Å². The van der Waals surface area contributed by atoms with Crippen LogP contribution in [0.15, 0.2) is 53.6 Å². The van der Waals surface area contributed by atoms with E-state index in [0.29, 0.717) is 85.1 Å². The van der Waals surface area contributed by atoms with E-state index >= 15 is 0 Å². The van der Waals surface area contributed by atoms with Gasteiger partial charge in [-0.15, -0.1) is 0 Å². The predicted octanol–water partition coefficient (Wildman–Crippen LogP) is 4.79. The predicted molar refractivity (Wildman–Crippen MR) is 222 cm³/mol. The van der Waals surface area contributed by atoms with Crippen LogP contribution in [-0.2, 0) is 56.4 Å². The van der Waals surface area contributed by atoms with Crippen LogP contribution in [0.3, 0.4) is 0 Å². The van der Waals surface area contributed by atoms with E-state index < -0.39 is 11.9 Å². The molecule has 1 fully saturated rings. The van der Waals surface area contributed by atoms with Gasteiger partial charge in [0.05, 0.1) is 87.7 Å². The number of quaternary nitrogens is 2. The highest BCUT2D eigenvalue weighted by molar-refractivity contribution is 6.42. The van der Waals surface area contributed by atoms with Gasteiger partial charge in [0.25, 0.3) is 0 Å². The van der Waals surface area contributed by atoms with Crippen molar-refractivity contribution >= 4 is 23.5 Å². The van der Waals surface area contributed by atoms with Gasteiger partial charge in [-0.3, -0.25) is 0 Å². The van der Waals surface area contributed by atoms with Gasteiger partial charge in [0.1, 0.15) is 43.9 Å². The molecule has 14 nitrogen and oxygen atoms in total. The number of methoxy groups -OCH3 is 3. The fraction of sp³-hybridized carbons (Fsp3) is 0.511. The lowest BCUT2D eigenvalue weighted by Crippen LogP contribution is -2.55. The topological polar surface area (TPSA) is 148 Å². The number of nitrogens with zero attached hydrogens (tertiary/aromatic N) is 2. The van der Waals surface area contributed by atoms with E-state index in [4.69, 9.17) is 49.5 Å². The average molecular weight is 855 g/mol. The summed E-state index contributed by atoms with van der Waals surface area (Å²) < 4.78 is 46.4. The summed E-state index contributed by atoms with van der Waals surface area (Å²) in [7, 11) is 6.91. The largest absolute Gasteiger partial charge is 0.493 e. The normalized spacial score (nSPS) is 19.5. The Hall–Kier alpha value is -4.57. The number of fused-ring (bicyclic) bond motifs is 2. The number of ether oxygens (including phenoxy) is 8. The highest BCUT2D eigenvalue weighted by Crippen LogP contribution is 2.43. The number of morpholine rings is 1. The van der Waals surface area contributed by atoms with Gasteiger partial charge >= 0.3 is 11.9 Å². The highest BCUT2D eigenvalue weighted by atomic mass is 35.5. The number of rotatable bonds is 19. The molecular weight excluding hydrogens is 796 g/mol. The molecule has 0 radical (unpaired) electrons. The molecule has 15 heteroatoms. The van der Waals surface area contributed by atoms with Crippen molar-refractivity contribution in [3.8, 4) is 28.7 Å². The highest BCUT2D eigenvalue weighted by Gasteiger charge is 2.40. The number of carbonyl (C=O) groups excluding carboxylic acids is 2. The molecule has 326 valence electrons. The van der Waals surface area contributed by atoms with E-state index in [1.54, 1.807) is 21.3 Å². The van der Waals surface area contributed by atoms with E-state index in [1.807, 2.05) is 36.4 Å². The van der Waals surface area contributed by atoms with Gasteiger partial charge in [-0.05, 0) is 58.7 Å². The molecule has 0 aromatic heterocycles. The smallest absolute Gasteiger partial charge is 0.350 e. The van der Waals surface area contributed by atoms with Crippen LogP contribution in [-0.4, -0.2) is 132 Å². The minimum absolute atomic E-state index is 0.0584. The fourth-order valence-corrected chi connectivity index (χ4v) is 8.87. The third-order valence-electron chi connectivity index (χ3n) is 12.0. The van der Waals surface area contributed by atoms with Crippen molar-refractivity contribution in [2.75, 3.05) is 101 Å². The Morgan fingerprint density at radius 2 is 1.47 bits per heavy atom. The maximum Gasteiger partial charge on any atom is 0.350 e. The number of benzene rings is 3. The molecule has 0 saturated carbocycles. The van der Waals surface area contributed by atoms with Crippen LogP contribution in [0.1, 0.15) is 52.3 Å². The quantitative estimate of drug-likeness (QED) is 0.0740. The SMILES string of the molecule is COc1cc(C[C@@H]2c3cc(CO)c(CO)cc3CC[N@@+]2(C)CCCOC(=O)/C(Cl)=C/C(=O)OCCC[N+]2(Cc3ccc4c(c3)OCCO4)CCOCC2)cc(OC)c1OC. The molecule has 0 amide bonds. The summed E-state index contributed by atoms with van der Waals surface area (Å²) in [6.07, 6.45) is 3.49. The van der Waals surface area contributed by atoms with Crippen LogP contribution in [0.2, 0.25) is 0 Å². The number of hydrogen-bond donors (Lipinski definition) is 2. The van der Waals surface area contributed by atoms with Crippen LogP contribution in [0.5, 0.6) is 28.7 Å². The molecule has 0 bridgehead atoms. The molecule has 3 aliphatic rings. The van der Waals surface area contributed by atoms with Gasteiger partial charge in [-0.25, -0.2) is 9.59 Å². The lowest BCUT2D eigenvalue weighted by molar-refractivity contribution is -0.947. The minimum atomic E-state index is -0.796. The number of aliphatic hydroxyl groups is 2. The molecule has 2 N–H and O–H groups in total. The zero-order chi connectivity index (χ0) is 42.7. The maximum absolute atomic E-state index is 12.9. The van der Waals surface area contributed by atoms with Crippen molar-refractivity contribution in [1.82, 2.24) is 0 Å².